The second-order valence-electron chi connectivity index (χ2n) is 5.40. The lowest BCUT2D eigenvalue weighted by Crippen LogP contribution is -2.37. The van der Waals surface area contributed by atoms with Crippen molar-refractivity contribution in [1.82, 2.24) is 15.1 Å². The third kappa shape index (κ3) is 10.8. The fraction of sp³-hybridized carbons (Fsp3) is 0.833. The van der Waals surface area contributed by atoms with Crippen LogP contribution in [0.25, 0.3) is 0 Å². The second-order valence-corrected chi connectivity index (χ2v) is 5.40. The first-order valence-corrected chi connectivity index (χ1v) is 5.99. The highest BCUT2D eigenvalue weighted by Gasteiger charge is 2.15. The van der Waals surface area contributed by atoms with Gasteiger partial charge in [-0.1, -0.05) is 0 Å². The molecule has 0 atom stereocenters. The van der Waals surface area contributed by atoms with Crippen LogP contribution < -0.4 is 5.32 Å². The maximum Gasteiger partial charge on any atom is 0.407 e. The van der Waals surface area contributed by atoms with Gasteiger partial charge in [-0.25, -0.2) is 4.79 Å². The molecular formula is C12H27IN4O2. The van der Waals surface area contributed by atoms with Crippen molar-refractivity contribution >= 4 is 36.0 Å². The number of amides is 1. The molecule has 1 amide bonds. The van der Waals surface area contributed by atoms with Crippen molar-refractivity contribution in [2.24, 2.45) is 4.99 Å². The summed E-state index contributed by atoms with van der Waals surface area (Å²) in [4.78, 5) is 19.6. The van der Waals surface area contributed by atoms with Crippen molar-refractivity contribution in [1.29, 1.82) is 0 Å². The average Bonchev–Trinajstić information content (AvgIpc) is 2.12. The summed E-state index contributed by atoms with van der Waals surface area (Å²) in [6.07, 6.45) is -0.408. The van der Waals surface area contributed by atoms with Crippen LogP contribution in [0, 0.1) is 0 Å². The Bertz CT molecular complexity index is 289. The van der Waals surface area contributed by atoms with Gasteiger partial charge in [0, 0.05) is 34.7 Å². The van der Waals surface area contributed by atoms with E-state index in [2.05, 4.69) is 10.3 Å². The quantitative estimate of drug-likeness (QED) is 0.347. The summed E-state index contributed by atoms with van der Waals surface area (Å²) >= 11 is 0. The standard InChI is InChI=1S/C12H26N4O2.HI/c1-12(2,3)18-11(17)14-9-8-13-10(15(4)5)16(6)7;/h8-9H2,1-7H3,(H,14,17);1H. The first-order valence-electron chi connectivity index (χ1n) is 5.99. The van der Waals surface area contributed by atoms with Gasteiger partial charge in [-0.2, -0.15) is 0 Å². The SMILES string of the molecule is CN(C)C(=NCCNC(=O)OC(C)(C)C)N(C)C.I. The summed E-state index contributed by atoms with van der Waals surface area (Å²) in [5.41, 5.74) is -0.466. The van der Waals surface area contributed by atoms with Crippen LogP contribution in [0.1, 0.15) is 20.8 Å². The summed E-state index contributed by atoms with van der Waals surface area (Å²) in [7, 11) is 7.72. The predicted octanol–water partition coefficient (Wildman–Crippen LogP) is 1.61. The van der Waals surface area contributed by atoms with Gasteiger partial charge < -0.3 is 19.9 Å². The molecule has 1 N–H and O–H groups in total. The van der Waals surface area contributed by atoms with Gasteiger partial charge in [-0.05, 0) is 20.8 Å². The molecule has 0 radical (unpaired) electrons. The average molecular weight is 386 g/mol. The van der Waals surface area contributed by atoms with Crippen LogP contribution in [-0.4, -0.2) is 68.7 Å². The Balaban J connectivity index is 0. The molecule has 0 aliphatic carbocycles. The molecular weight excluding hydrogens is 359 g/mol. The Morgan fingerprint density at radius 1 is 1.16 bits per heavy atom. The van der Waals surface area contributed by atoms with Crippen LogP contribution in [0.5, 0.6) is 0 Å². The van der Waals surface area contributed by atoms with Crippen LogP contribution in [0.4, 0.5) is 4.79 Å². The van der Waals surface area contributed by atoms with Crippen LogP contribution >= 0.6 is 24.0 Å². The minimum Gasteiger partial charge on any atom is -0.444 e. The Hall–Kier alpha value is -0.730. The molecule has 6 nitrogen and oxygen atoms in total. The minimum absolute atomic E-state index is 0. The summed E-state index contributed by atoms with van der Waals surface area (Å²) < 4.78 is 5.12. The summed E-state index contributed by atoms with van der Waals surface area (Å²) in [5.74, 6) is 0.862. The third-order valence-corrected chi connectivity index (χ3v) is 1.83. The monoisotopic (exact) mass is 386 g/mol. The fourth-order valence-corrected chi connectivity index (χ4v) is 1.31. The van der Waals surface area contributed by atoms with Gasteiger partial charge in [0.15, 0.2) is 5.96 Å². The highest BCUT2D eigenvalue weighted by molar-refractivity contribution is 14.0. The number of hydrogen-bond acceptors (Lipinski definition) is 3. The Labute approximate surface area is 133 Å². The molecule has 0 rings (SSSR count). The molecule has 0 aliphatic heterocycles. The zero-order valence-electron chi connectivity index (χ0n) is 13.0. The molecule has 0 spiro atoms. The van der Waals surface area contributed by atoms with Crippen LogP contribution in [0.3, 0.4) is 0 Å². The third-order valence-electron chi connectivity index (χ3n) is 1.83. The summed E-state index contributed by atoms with van der Waals surface area (Å²) in [6, 6.07) is 0. The molecule has 114 valence electrons. The number of ether oxygens (including phenoxy) is 1. The molecule has 7 heteroatoms. The number of rotatable bonds is 3. The van der Waals surface area contributed by atoms with E-state index in [9.17, 15) is 4.79 Å². The molecule has 19 heavy (non-hydrogen) atoms. The molecule has 0 saturated heterocycles. The van der Waals surface area contributed by atoms with Gasteiger partial charge in [-0.3, -0.25) is 4.99 Å². The summed E-state index contributed by atoms with van der Waals surface area (Å²) in [6.45, 7) is 6.48. The number of carbonyl (C=O) groups excluding carboxylic acids is 1. The maximum atomic E-state index is 11.4. The number of nitrogens with one attached hydrogen (secondary N) is 1. The van der Waals surface area contributed by atoms with Crippen LogP contribution in [0.2, 0.25) is 0 Å². The van der Waals surface area contributed by atoms with Crippen LogP contribution in [-0.2, 0) is 4.74 Å². The van der Waals surface area contributed by atoms with Crippen molar-refractivity contribution < 1.29 is 9.53 Å². The second kappa shape index (κ2) is 9.22. The fourth-order valence-electron chi connectivity index (χ4n) is 1.31. The van der Waals surface area contributed by atoms with E-state index in [1.54, 1.807) is 0 Å². The number of carbonyl (C=O) groups is 1. The lowest BCUT2D eigenvalue weighted by atomic mass is 10.2. The molecule has 0 saturated carbocycles. The zero-order chi connectivity index (χ0) is 14.3. The van der Waals surface area contributed by atoms with Gasteiger partial charge in [0.2, 0.25) is 0 Å². The maximum absolute atomic E-state index is 11.4. The van der Waals surface area contributed by atoms with E-state index in [-0.39, 0.29) is 24.0 Å². The number of halogens is 1. The van der Waals surface area contributed by atoms with E-state index in [0.717, 1.165) is 5.96 Å². The van der Waals surface area contributed by atoms with Crippen molar-refractivity contribution in [3.05, 3.63) is 0 Å². The van der Waals surface area contributed by atoms with Crippen molar-refractivity contribution in [3.8, 4) is 0 Å². The normalized spacial score (nSPS) is 10.1. The van der Waals surface area contributed by atoms with E-state index in [0.29, 0.717) is 13.1 Å². The highest BCUT2D eigenvalue weighted by Crippen LogP contribution is 2.06. The Morgan fingerprint density at radius 2 is 1.63 bits per heavy atom. The number of hydrogen-bond donors (Lipinski definition) is 1. The molecule has 0 bridgehead atoms. The van der Waals surface area contributed by atoms with Crippen LogP contribution in [0.15, 0.2) is 4.99 Å². The van der Waals surface area contributed by atoms with E-state index in [4.69, 9.17) is 4.74 Å². The van der Waals surface area contributed by atoms with Gasteiger partial charge in [-0.15, -0.1) is 24.0 Å². The van der Waals surface area contributed by atoms with Gasteiger partial charge in [0.1, 0.15) is 5.60 Å². The first kappa shape index (κ1) is 20.6. The van der Waals surface area contributed by atoms with Crippen molar-refractivity contribution in [2.75, 3.05) is 41.3 Å². The van der Waals surface area contributed by atoms with Gasteiger partial charge in [0.25, 0.3) is 0 Å². The minimum atomic E-state index is -0.466. The van der Waals surface area contributed by atoms with Crippen molar-refractivity contribution in [2.45, 2.75) is 26.4 Å². The molecule has 0 aliphatic rings. The molecule has 0 fully saturated rings. The van der Waals surface area contributed by atoms with E-state index in [1.807, 2.05) is 58.8 Å². The zero-order valence-corrected chi connectivity index (χ0v) is 15.3. The lowest BCUT2D eigenvalue weighted by Gasteiger charge is -2.23. The first-order chi connectivity index (χ1) is 8.13. The van der Waals surface area contributed by atoms with Gasteiger partial charge in [0.05, 0.1) is 6.54 Å². The van der Waals surface area contributed by atoms with Gasteiger partial charge >= 0.3 is 6.09 Å². The number of guanidine groups is 1. The lowest BCUT2D eigenvalue weighted by molar-refractivity contribution is 0.0529. The predicted molar refractivity (Wildman–Crippen MR) is 89.3 cm³/mol. The molecule has 0 aromatic heterocycles. The molecule has 0 aromatic carbocycles. The number of alkyl carbamates (subject to hydrolysis) is 1. The molecule has 0 aromatic rings. The topological polar surface area (TPSA) is 57.2 Å². The largest absolute Gasteiger partial charge is 0.444 e. The summed E-state index contributed by atoms with van der Waals surface area (Å²) in [5, 5.41) is 2.67. The Morgan fingerprint density at radius 3 is 2.00 bits per heavy atom. The Kier molecular flexibility index (Phi) is 9.99. The van der Waals surface area contributed by atoms with E-state index in [1.165, 1.54) is 0 Å². The highest BCUT2D eigenvalue weighted by atomic mass is 127. The van der Waals surface area contributed by atoms with Crippen molar-refractivity contribution in [3.63, 3.8) is 0 Å². The van der Waals surface area contributed by atoms with E-state index >= 15 is 0 Å². The smallest absolute Gasteiger partial charge is 0.407 e. The number of aliphatic imine (C=N–C) groups is 1. The number of nitrogens with zero attached hydrogens (tertiary/aromatic N) is 3. The van der Waals surface area contributed by atoms with E-state index < -0.39 is 11.7 Å². The molecule has 0 unspecified atom stereocenters. The molecule has 0 heterocycles.